The summed E-state index contributed by atoms with van der Waals surface area (Å²) in [4.78, 5) is 14.9. The van der Waals surface area contributed by atoms with E-state index in [4.69, 9.17) is 9.47 Å². The fourth-order valence-electron chi connectivity index (χ4n) is 2.89. The number of carbonyl (C=O) groups is 1. The fourth-order valence-corrected chi connectivity index (χ4v) is 2.89. The smallest absolute Gasteiger partial charge is 0.407 e. The molecule has 6 nitrogen and oxygen atoms in total. The number of fused-ring (bicyclic) bond motifs is 1. The number of hydrogen-bond donors (Lipinski definition) is 2. The fraction of sp³-hybridized carbons (Fsp3) is 0.455. The molecule has 3 rings (SSSR count). The van der Waals surface area contributed by atoms with Gasteiger partial charge in [-0.2, -0.15) is 4.98 Å². The van der Waals surface area contributed by atoms with Gasteiger partial charge in [0.25, 0.3) is 0 Å². The van der Waals surface area contributed by atoms with Crippen LogP contribution in [-0.4, -0.2) is 30.8 Å². The first-order valence-electron chi connectivity index (χ1n) is 9.61. The first kappa shape index (κ1) is 21.5. The van der Waals surface area contributed by atoms with Crippen LogP contribution in [0, 0.1) is 0 Å². The summed E-state index contributed by atoms with van der Waals surface area (Å²) in [5.74, 6) is 1.44. The Kier molecular flexibility index (Phi) is 7.67. The number of ether oxygens (including phenoxy) is 2. The van der Waals surface area contributed by atoms with E-state index in [1.807, 2.05) is 39.0 Å². The van der Waals surface area contributed by atoms with E-state index in [1.165, 1.54) is 43.9 Å². The molecule has 0 radical (unpaired) electrons. The second kappa shape index (κ2) is 9.97. The minimum atomic E-state index is -0.389. The lowest BCUT2D eigenvalue weighted by molar-refractivity contribution is 0.0541. The van der Waals surface area contributed by atoms with Gasteiger partial charge in [-0.1, -0.05) is 12.1 Å². The Bertz CT molecular complexity index is 785. The molecule has 1 aliphatic rings. The molecule has 0 saturated carbocycles. The zero-order chi connectivity index (χ0) is 20.6. The molecule has 6 heteroatoms. The lowest BCUT2D eigenvalue weighted by Gasteiger charge is -2.18. The second-order valence-electron chi connectivity index (χ2n) is 7.63. The summed E-state index contributed by atoms with van der Waals surface area (Å²) >= 11 is 0. The molecule has 0 unspecified atom stereocenters. The van der Waals surface area contributed by atoms with Crippen LogP contribution < -0.4 is 15.4 Å². The van der Waals surface area contributed by atoms with Crippen LogP contribution in [0.3, 0.4) is 0 Å². The van der Waals surface area contributed by atoms with Gasteiger partial charge in [0.05, 0.1) is 7.11 Å². The van der Waals surface area contributed by atoms with E-state index in [1.54, 1.807) is 7.11 Å². The van der Waals surface area contributed by atoms with Crippen LogP contribution in [0.1, 0.15) is 44.7 Å². The van der Waals surface area contributed by atoms with Gasteiger partial charge in [-0.3, -0.25) is 0 Å². The lowest BCUT2D eigenvalue weighted by atomic mass is 9.91. The van der Waals surface area contributed by atoms with Gasteiger partial charge in [0.15, 0.2) is 0 Å². The second-order valence-corrected chi connectivity index (χ2v) is 7.63. The van der Waals surface area contributed by atoms with Crippen molar-refractivity contribution in [3.63, 3.8) is 0 Å². The molecule has 1 aliphatic carbocycles. The number of benzene rings is 1. The van der Waals surface area contributed by atoms with E-state index in [2.05, 4.69) is 33.8 Å². The van der Waals surface area contributed by atoms with Crippen molar-refractivity contribution in [3.8, 4) is 5.88 Å². The number of amides is 1. The number of rotatable bonds is 3. The summed E-state index contributed by atoms with van der Waals surface area (Å²) in [6.07, 6.45) is 4.64. The predicted molar refractivity (Wildman–Crippen MR) is 112 cm³/mol. The number of carbonyl (C=O) groups excluding carboxylic acids is 1. The van der Waals surface area contributed by atoms with Crippen molar-refractivity contribution < 1.29 is 14.3 Å². The zero-order valence-corrected chi connectivity index (χ0v) is 17.5. The number of nitrogens with zero attached hydrogens (tertiary/aromatic N) is 1. The van der Waals surface area contributed by atoms with E-state index in [9.17, 15) is 4.79 Å². The average Bonchev–Trinajstić information content (AvgIpc) is 2.67. The molecular weight excluding hydrogens is 354 g/mol. The molecule has 0 aliphatic heterocycles. The standard InChI is InChI=1S/C16H18N2O.C6H13NO2/c1-19-16-8-4-7-15(18-16)17-14-10-9-12-5-2-3-6-13(12)11-14;1-6(2,3)9-5(8)7-4/h4,7-11H,2-3,5-6H2,1H3,(H,17,18);1-4H3,(H,7,8). The summed E-state index contributed by atoms with van der Waals surface area (Å²) in [7, 11) is 3.17. The molecule has 28 heavy (non-hydrogen) atoms. The Morgan fingerprint density at radius 2 is 1.79 bits per heavy atom. The Hall–Kier alpha value is -2.76. The maximum atomic E-state index is 10.5. The number of methoxy groups -OCH3 is 1. The molecule has 0 fully saturated rings. The third kappa shape index (κ3) is 7.10. The third-order valence-electron chi connectivity index (χ3n) is 4.16. The molecule has 0 atom stereocenters. The molecule has 0 spiro atoms. The summed E-state index contributed by atoms with van der Waals surface area (Å²) in [6.45, 7) is 5.46. The van der Waals surface area contributed by atoms with Crippen molar-refractivity contribution in [1.29, 1.82) is 0 Å². The quantitative estimate of drug-likeness (QED) is 0.790. The predicted octanol–water partition coefficient (Wildman–Crippen LogP) is 4.85. The molecule has 1 aromatic carbocycles. The maximum Gasteiger partial charge on any atom is 0.407 e. The van der Waals surface area contributed by atoms with Gasteiger partial charge in [0.2, 0.25) is 5.88 Å². The number of pyridine rings is 1. The van der Waals surface area contributed by atoms with Gasteiger partial charge in [-0.05, 0) is 75.8 Å². The van der Waals surface area contributed by atoms with Crippen LogP contribution in [-0.2, 0) is 17.6 Å². The molecule has 1 aromatic heterocycles. The summed E-state index contributed by atoms with van der Waals surface area (Å²) in [5.41, 5.74) is 3.68. The van der Waals surface area contributed by atoms with Crippen LogP contribution in [0.25, 0.3) is 0 Å². The summed E-state index contributed by atoms with van der Waals surface area (Å²) < 4.78 is 9.97. The summed E-state index contributed by atoms with van der Waals surface area (Å²) in [6, 6.07) is 12.3. The van der Waals surface area contributed by atoms with E-state index in [0.717, 1.165) is 11.5 Å². The molecule has 1 heterocycles. The van der Waals surface area contributed by atoms with Gasteiger partial charge < -0.3 is 20.1 Å². The van der Waals surface area contributed by atoms with E-state index in [0.29, 0.717) is 5.88 Å². The van der Waals surface area contributed by atoms with Gasteiger partial charge in [-0.25, -0.2) is 4.79 Å². The van der Waals surface area contributed by atoms with Crippen molar-refractivity contribution in [1.82, 2.24) is 10.3 Å². The molecule has 0 saturated heterocycles. The largest absolute Gasteiger partial charge is 0.481 e. The first-order valence-corrected chi connectivity index (χ1v) is 9.61. The van der Waals surface area contributed by atoms with Gasteiger partial charge in [-0.15, -0.1) is 0 Å². The zero-order valence-electron chi connectivity index (χ0n) is 17.5. The minimum absolute atomic E-state index is 0.387. The van der Waals surface area contributed by atoms with Gasteiger partial charge in [0.1, 0.15) is 11.4 Å². The summed E-state index contributed by atoms with van der Waals surface area (Å²) in [5, 5.41) is 5.70. The number of anilines is 2. The molecule has 152 valence electrons. The molecule has 2 N–H and O–H groups in total. The minimum Gasteiger partial charge on any atom is -0.481 e. The van der Waals surface area contributed by atoms with E-state index >= 15 is 0 Å². The van der Waals surface area contributed by atoms with Crippen LogP contribution >= 0.6 is 0 Å². The normalized spacial score (nSPS) is 12.8. The number of aryl methyl sites for hydroxylation is 2. The number of aromatic nitrogens is 1. The number of hydrogen-bond acceptors (Lipinski definition) is 5. The van der Waals surface area contributed by atoms with Gasteiger partial charge in [0, 0.05) is 18.8 Å². The van der Waals surface area contributed by atoms with Crippen LogP contribution in [0.5, 0.6) is 5.88 Å². The van der Waals surface area contributed by atoms with Crippen molar-refractivity contribution in [2.75, 3.05) is 19.5 Å². The first-order chi connectivity index (χ1) is 13.3. The number of alkyl carbamates (subject to hydrolysis) is 1. The monoisotopic (exact) mass is 385 g/mol. The van der Waals surface area contributed by atoms with Crippen molar-refractivity contribution in [2.45, 2.75) is 52.1 Å². The molecule has 1 amide bonds. The highest BCUT2D eigenvalue weighted by atomic mass is 16.6. The Labute approximate surface area is 167 Å². The van der Waals surface area contributed by atoms with Gasteiger partial charge >= 0.3 is 6.09 Å². The van der Waals surface area contributed by atoms with E-state index in [-0.39, 0.29) is 11.7 Å². The lowest BCUT2D eigenvalue weighted by Crippen LogP contribution is -2.30. The Morgan fingerprint density at radius 3 is 2.39 bits per heavy atom. The van der Waals surface area contributed by atoms with Crippen LogP contribution in [0.15, 0.2) is 36.4 Å². The SMILES string of the molecule is CNC(=O)OC(C)(C)C.COc1cccc(Nc2ccc3c(c2)CCCC3)n1. The van der Waals surface area contributed by atoms with Crippen LogP contribution in [0.2, 0.25) is 0 Å². The topological polar surface area (TPSA) is 72.5 Å². The highest BCUT2D eigenvalue weighted by Gasteiger charge is 2.14. The average molecular weight is 386 g/mol. The maximum absolute atomic E-state index is 10.5. The molecule has 0 bridgehead atoms. The van der Waals surface area contributed by atoms with Crippen molar-refractivity contribution in [3.05, 3.63) is 47.5 Å². The number of nitrogens with one attached hydrogen (secondary N) is 2. The molecule has 2 aromatic rings. The Balaban J connectivity index is 0.000000266. The van der Waals surface area contributed by atoms with Crippen LogP contribution in [0.4, 0.5) is 16.3 Å². The highest BCUT2D eigenvalue weighted by molar-refractivity contribution is 5.67. The molecular formula is C22H31N3O3. The van der Waals surface area contributed by atoms with Crippen molar-refractivity contribution >= 4 is 17.6 Å². The Morgan fingerprint density at radius 1 is 1.07 bits per heavy atom. The van der Waals surface area contributed by atoms with E-state index < -0.39 is 0 Å². The van der Waals surface area contributed by atoms with Crippen molar-refractivity contribution in [2.24, 2.45) is 0 Å². The highest BCUT2D eigenvalue weighted by Crippen LogP contribution is 2.26. The third-order valence-corrected chi connectivity index (χ3v) is 4.16.